The minimum absolute atomic E-state index is 0.0734. The number of rotatable bonds is 10. The van der Waals surface area contributed by atoms with Crippen molar-refractivity contribution < 1.29 is 17.9 Å². The molecule has 7 heteroatoms. The van der Waals surface area contributed by atoms with Crippen LogP contribution in [0.15, 0.2) is 23.1 Å². The third-order valence-corrected chi connectivity index (χ3v) is 4.98. The van der Waals surface area contributed by atoms with Crippen molar-refractivity contribution in [1.29, 1.82) is 0 Å². The number of hydrogen-bond acceptors (Lipinski definition) is 4. The van der Waals surface area contributed by atoms with Gasteiger partial charge in [0.25, 0.3) is 0 Å². The highest BCUT2D eigenvalue weighted by Gasteiger charge is 2.16. The molecule has 0 aliphatic rings. The summed E-state index contributed by atoms with van der Waals surface area (Å²) in [6.07, 6.45) is 1.02. The van der Waals surface area contributed by atoms with E-state index in [1.165, 1.54) is 0 Å². The molecule has 0 aliphatic carbocycles. The summed E-state index contributed by atoms with van der Waals surface area (Å²) in [6, 6.07) is 5.16. The number of ether oxygens (including phenoxy) is 1. The SMILES string of the molecule is Cc1ccc(S(=O)(=O)NCCC(=O)NCCCOC(C)C)c(C)c1. The molecule has 0 radical (unpaired) electrons. The summed E-state index contributed by atoms with van der Waals surface area (Å²) in [7, 11) is -3.59. The highest BCUT2D eigenvalue weighted by molar-refractivity contribution is 7.89. The molecule has 2 N–H and O–H groups in total. The average molecular weight is 356 g/mol. The first-order valence-electron chi connectivity index (χ1n) is 8.17. The summed E-state index contributed by atoms with van der Waals surface area (Å²) in [6.45, 7) is 8.78. The molecule has 24 heavy (non-hydrogen) atoms. The lowest BCUT2D eigenvalue weighted by Gasteiger charge is -2.10. The van der Waals surface area contributed by atoms with Crippen molar-refractivity contribution in [3.63, 3.8) is 0 Å². The normalized spacial score (nSPS) is 11.7. The third kappa shape index (κ3) is 7.42. The van der Waals surface area contributed by atoms with Crippen molar-refractivity contribution in [1.82, 2.24) is 10.0 Å². The fourth-order valence-corrected chi connectivity index (χ4v) is 3.44. The van der Waals surface area contributed by atoms with Gasteiger partial charge in [0.05, 0.1) is 11.0 Å². The fourth-order valence-electron chi connectivity index (χ4n) is 2.18. The Kier molecular flexibility index (Phi) is 8.38. The van der Waals surface area contributed by atoms with E-state index < -0.39 is 10.0 Å². The minimum Gasteiger partial charge on any atom is -0.379 e. The van der Waals surface area contributed by atoms with E-state index in [1.807, 2.05) is 26.8 Å². The van der Waals surface area contributed by atoms with Crippen LogP contribution in [0.1, 0.15) is 37.8 Å². The second-order valence-corrected chi connectivity index (χ2v) is 7.78. The van der Waals surface area contributed by atoms with Gasteiger partial charge in [-0.05, 0) is 45.7 Å². The van der Waals surface area contributed by atoms with Crippen molar-refractivity contribution in [2.45, 2.75) is 51.5 Å². The Bertz CT molecular complexity index is 642. The number of aryl methyl sites for hydroxylation is 2. The molecule has 1 amide bonds. The lowest BCUT2D eigenvalue weighted by atomic mass is 10.2. The summed E-state index contributed by atoms with van der Waals surface area (Å²) in [5.41, 5.74) is 1.70. The van der Waals surface area contributed by atoms with E-state index in [0.29, 0.717) is 18.7 Å². The predicted octanol–water partition coefficient (Wildman–Crippen LogP) is 1.90. The van der Waals surface area contributed by atoms with Crippen LogP contribution in [0.2, 0.25) is 0 Å². The van der Waals surface area contributed by atoms with Gasteiger partial charge in [0.1, 0.15) is 0 Å². The summed E-state index contributed by atoms with van der Waals surface area (Å²) >= 11 is 0. The quantitative estimate of drug-likeness (QED) is 0.627. The van der Waals surface area contributed by atoms with Crippen LogP contribution in [0.3, 0.4) is 0 Å². The monoisotopic (exact) mass is 356 g/mol. The Balaban J connectivity index is 2.34. The van der Waals surface area contributed by atoms with Crippen molar-refractivity contribution in [3.05, 3.63) is 29.3 Å². The van der Waals surface area contributed by atoms with Crippen molar-refractivity contribution in [3.8, 4) is 0 Å². The van der Waals surface area contributed by atoms with E-state index in [9.17, 15) is 13.2 Å². The number of amides is 1. The molecule has 0 bridgehead atoms. The number of hydrogen-bond donors (Lipinski definition) is 2. The second kappa shape index (κ2) is 9.76. The van der Waals surface area contributed by atoms with Crippen LogP contribution in [0, 0.1) is 13.8 Å². The zero-order valence-electron chi connectivity index (χ0n) is 14.9. The smallest absolute Gasteiger partial charge is 0.240 e. The maximum absolute atomic E-state index is 12.2. The van der Waals surface area contributed by atoms with Crippen LogP contribution >= 0.6 is 0 Å². The Morgan fingerprint density at radius 3 is 2.54 bits per heavy atom. The largest absolute Gasteiger partial charge is 0.379 e. The van der Waals surface area contributed by atoms with Gasteiger partial charge in [-0.25, -0.2) is 13.1 Å². The predicted molar refractivity (Wildman–Crippen MR) is 94.4 cm³/mol. The van der Waals surface area contributed by atoms with Crippen LogP contribution in [-0.2, 0) is 19.6 Å². The van der Waals surface area contributed by atoms with E-state index in [2.05, 4.69) is 10.0 Å². The topological polar surface area (TPSA) is 84.5 Å². The third-order valence-electron chi connectivity index (χ3n) is 3.36. The van der Waals surface area contributed by atoms with E-state index in [0.717, 1.165) is 12.0 Å². The molecule has 0 fully saturated rings. The van der Waals surface area contributed by atoms with Gasteiger partial charge in [-0.1, -0.05) is 17.7 Å². The van der Waals surface area contributed by atoms with Gasteiger partial charge < -0.3 is 10.1 Å². The van der Waals surface area contributed by atoms with Crippen LogP contribution in [0.4, 0.5) is 0 Å². The van der Waals surface area contributed by atoms with Gasteiger partial charge in [0.2, 0.25) is 15.9 Å². The zero-order valence-corrected chi connectivity index (χ0v) is 15.7. The number of carbonyl (C=O) groups is 1. The Morgan fingerprint density at radius 1 is 1.21 bits per heavy atom. The highest BCUT2D eigenvalue weighted by atomic mass is 32.2. The summed E-state index contributed by atoms with van der Waals surface area (Å²) in [4.78, 5) is 11.9. The molecule has 1 aromatic rings. The number of nitrogens with one attached hydrogen (secondary N) is 2. The second-order valence-electron chi connectivity index (χ2n) is 6.04. The van der Waals surface area contributed by atoms with Crippen LogP contribution in [0.25, 0.3) is 0 Å². The van der Waals surface area contributed by atoms with E-state index in [-0.39, 0.29) is 29.9 Å². The average Bonchev–Trinajstić information content (AvgIpc) is 2.45. The summed E-state index contributed by atoms with van der Waals surface area (Å²) in [5.74, 6) is -0.178. The number of benzene rings is 1. The van der Waals surface area contributed by atoms with Gasteiger partial charge in [0, 0.05) is 26.1 Å². The van der Waals surface area contributed by atoms with Crippen molar-refractivity contribution in [2.75, 3.05) is 19.7 Å². The first-order chi connectivity index (χ1) is 11.2. The molecule has 0 saturated heterocycles. The lowest BCUT2D eigenvalue weighted by Crippen LogP contribution is -2.31. The highest BCUT2D eigenvalue weighted by Crippen LogP contribution is 2.16. The Hall–Kier alpha value is -1.44. The van der Waals surface area contributed by atoms with E-state index in [1.54, 1.807) is 19.1 Å². The molecule has 0 aromatic heterocycles. The standard InChI is InChI=1S/C17H28N2O4S/c1-13(2)23-11-5-9-18-17(20)8-10-19-24(21,22)16-7-6-14(3)12-15(16)4/h6-7,12-13,19H,5,8-11H2,1-4H3,(H,18,20). The number of sulfonamides is 1. The van der Waals surface area contributed by atoms with Crippen LogP contribution < -0.4 is 10.0 Å². The molecule has 1 aromatic carbocycles. The van der Waals surface area contributed by atoms with Crippen LogP contribution in [-0.4, -0.2) is 40.1 Å². The maximum atomic E-state index is 12.2. The van der Waals surface area contributed by atoms with Gasteiger partial charge >= 0.3 is 0 Å². The molecular formula is C17H28N2O4S. The Morgan fingerprint density at radius 2 is 1.92 bits per heavy atom. The molecule has 0 saturated carbocycles. The van der Waals surface area contributed by atoms with Gasteiger partial charge in [-0.3, -0.25) is 4.79 Å². The van der Waals surface area contributed by atoms with E-state index >= 15 is 0 Å². The fraction of sp³-hybridized carbons (Fsp3) is 0.588. The molecule has 0 atom stereocenters. The van der Waals surface area contributed by atoms with E-state index in [4.69, 9.17) is 4.74 Å². The summed E-state index contributed by atoms with van der Waals surface area (Å²) in [5, 5.41) is 2.75. The molecule has 0 unspecified atom stereocenters. The van der Waals surface area contributed by atoms with Crippen molar-refractivity contribution >= 4 is 15.9 Å². The first-order valence-corrected chi connectivity index (χ1v) is 9.66. The van der Waals surface area contributed by atoms with Gasteiger partial charge in [-0.15, -0.1) is 0 Å². The molecule has 0 aliphatic heterocycles. The van der Waals surface area contributed by atoms with Crippen LogP contribution in [0.5, 0.6) is 0 Å². The lowest BCUT2D eigenvalue weighted by molar-refractivity contribution is -0.120. The zero-order chi connectivity index (χ0) is 18.2. The first kappa shape index (κ1) is 20.6. The van der Waals surface area contributed by atoms with Crippen molar-refractivity contribution in [2.24, 2.45) is 0 Å². The molecule has 1 rings (SSSR count). The molecule has 0 heterocycles. The molecular weight excluding hydrogens is 328 g/mol. The van der Waals surface area contributed by atoms with Gasteiger partial charge in [0.15, 0.2) is 0 Å². The molecule has 136 valence electrons. The molecule has 6 nitrogen and oxygen atoms in total. The Labute approximate surface area is 145 Å². The minimum atomic E-state index is -3.59. The number of carbonyl (C=O) groups excluding carboxylic acids is 1. The summed E-state index contributed by atoms with van der Waals surface area (Å²) < 4.78 is 32.3. The van der Waals surface area contributed by atoms with Gasteiger partial charge in [-0.2, -0.15) is 0 Å². The maximum Gasteiger partial charge on any atom is 0.240 e. The molecule has 0 spiro atoms.